The number of carbonyl (C=O) groups is 1. The number of fused-ring (bicyclic) bond motifs is 1. The van der Waals surface area contributed by atoms with Gasteiger partial charge in [-0.1, -0.05) is 0 Å². The molecular formula is C13H13F3N2O2S. The molecule has 1 aromatic heterocycles. The summed E-state index contributed by atoms with van der Waals surface area (Å²) in [5.74, 6) is -0.223. The molecule has 2 N–H and O–H groups in total. The largest absolute Gasteiger partial charge is 0.416 e. The van der Waals surface area contributed by atoms with Gasteiger partial charge in [-0.2, -0.15) is 13.2 Å². The maximum atomic E-state index is 12.6. The molecule has 1 amide bonds. The fraction of sp³-hybridized carbons (Fsp3) is 0.385. The molecule has 0 aliphatic carbocycles. The zero-order valence-electron chi connectivity index (χ0n) is 10.9. The second kappa shape index (κ2) is 6.40. The van der Waals surface area contributed by atoms with Gasteiger partial charge in [0.1, 0.15) is 0 Å². The Morgan fingerprint density at radius 3 is 2.81 bits per heavy atom. The number of halogens is 3. The summed E-state index contributed by atoms with van der Waals surface area (Å²) in [6, 6.07) is 3.44. The lowest BCUT2D eigenvalue weighted by atomic mass is 10.2. The van der Waals surface area contributed by atoms with Crippen molar-refractivity contribution in [1.29, 1.82) is 0 Å². The van der Waals surface area contributed by atoms with E-state index in [1.807, 2.05) is 0 Å². The smallest absolute Gasteiger partial charge is 0.395 e. The summed E-state index contributed by atoms with van der Waals surface area (Å²) in [6.07, 6.45) is -3.84. The number of aliphatic hydroxyl groups excluding tert-OH is 1. The van der Waals surface area contributed by atoms with Crippen molar-refractivity contribution in [3.8, 4) is 0 Å². The summed E-state index contributed by atoms with van der Waals surface area (Å²) in [5.41, 5.74) is -0.437. The first-order valence-corrected chi connectivity index (χ1v) is 7.06. The van der Waals surface area contributed by atoms with Gasteiger partial charge in [-0.3, -0.25) is 4.79 Å². The highest BCUT2D eigenvalue weighted by Gasteiger charge is 2.30. The van der Waals surface area contributed by atoms with Crippen LogP contribution in [0.2, 0.25) is 0 Å². The van der Waals surface area contributed by atoms with Crippen molar-refractivity contribution in [2.24, 2.45) is 0 Å². The summed E-state index contributed by atoms with van der Waals surface area (Å²) in [7, 11) is 0. The van der Waals surface area contributed by atoms with E-state index in [0.717, 1.165) is 12.1 Å². The Hall–Kier alpha value is -1.67. The summed E-state index contributed by atoms with van der Waals surface area (Å²) >= 11 is 1.27. The Bertz CT molecular complexity index is 640. The molecule has 2 rings (SSSR count). The zero-order chi connectivity index (χ0) is 15.5. The molecule has 0 aliphatic rings. The van der Waals surface area contributed by atoms with Crippen LogP contribution < -0.4 is 5.32 Å². The molecule has 1 heterocycles. The molecule has 0 saturated heterocycles. The molecule has 0 fully saturated rings. The number of aromatic nitrogens is 1. The number of hydrogen-bond acceptors (Lipinski definition) is 4. The molecule has 0 radical (unpaired) electrons. The predicted molar refractivity (Wildman–Crippen MR) is 73.0 cm³/mol. The van der Waals surface area contributed by atoms with Crippen LogP contribution >= 0.6 is 11.3 Å². The van der Waals surface area contributed by atoms with Gasteiger partial charge >= 0.3 is 6.18 Å². The fourth-order valence-corrected chi connectivity index (χ4v) is 2.71. The van der Waals surface area contributed by atoms with Crippen molar-refractivity contribution in [2.75, 3.05) is 13.2 Å². The van der Waals surface area contributed by atoms with Gasteiger partial charge in [0, 0.05) is 19.4 Å². The Morgan fingerprint density at radius 2 is 2.14 bits per heavy atom. The van der Waals surface area contributed by atoms with E-state index in [1.54, 1.807) is 0 Å². The summed E-state index contributed by atoms with van der Waals surface area (Å²) in [5, 5.41) is 11.7. The number of amides is 1. The highest BCUT2D eigenvalue weighted by Crippen LogP contribution is 2.33. The van der Waals surface area contributed by atoms with Gasteiger partial charge in [0.05, 0.1) is 27.4 Å². The lowest BCUT2D eigenvalue weighted by Gasteiger charge is -2.04. The van der Waals surface area contributed by atoms with Crippen molar-refractivity contribution in [2.45, 2.75) is 19.0 Å². The first kappa shape index (κ1) is 15.7. The monoisotopic (exact) mass is 318 g/mol. The number of carbonyl (C=O) groups excluding carboxylic acids is 1. The first-order chi connectivity index (χ1) is 9.90. The van der Waals surface area contributed by atoms with Gasteiger partial charge in [-0.25, -0.2) is 4.98 Å². The van der Waals surface area contributed by atoms with Gasteiger partial charge < -0.3 is 10.4 Å². The average Bonchev–Trinajstić information content (AvgIpc) is 2.83. The Balaban J connectivity index is 2.07. The number of aliphatic hydroxyl groups is 1. The minimum atomic E-state index is -4.39. The molecule has 0 saturated carbocycles. The second-order valence-corrected chi connectivity index (χ2v) is 5.48. The van der Waals surface area contributed by atoms with Gasteiger partial charge in [0.15, 0.2) is 0 Å². The van der Waals surface area contributed by atoms with Gasteiger partial charge in [0.25, 0.3) is 0 Å². The van der Waals surface area contributed by atoms with E-state index < -0.39 is 11.7 Å². The number of rotatable bonds is 5. The number of nitrogens with zero attached hydrogens (tertiary/aromatic N) is 1. The number of benzene rings is 1. The van der Waals surface area contributed by atoms with Crippen LogP contribution in [0, 0.1) is 0 Å². The van der Waals surface area contributed by atoms with Crippen LogP contribution in [0.5, 0.6) is 0 Å². The first-order valence-electron chi connectivity index (χ1n) is 6.24. The molecule has 0 atom stereocenters. The highest BCUT2D eigenvalue weighted by molar-refractivity contribution is 7.18. The molecule has 114 valence electrons. The van der Waals surface area contributed by atoms with Crippen molar-refractivity contribution >= 4 is 27.5 Å². The van der Waals surface area contributed by atoms with Crippen LogP contribution in [0.1, 0.15) is 17.0 Å². The van der Waals surface area contributed by atoms with Crippen LogP contribution in [-0.4, -0.2) is 29.1 Å². The molecule has 0 aliphatic heterocycles. The topological polar surface area (TPSA) is 62.2 Å². The van der Waals surface area contributed by atoms with E-state index in [-0.39, 0.29) is 25.5 Å². The SMILES string of the molecule is O=C(CCc1nc2cc(C(F)(F)F)ccc2s1)NCCO. The molecular weight excluding hydrogens is 305 g/mol. The number of nitrogens with one attached hydrogen (secondary N) is 1. The summed E-state index contributed by atoms with van der Waals surface area (Å²) < 4.78 is 38.5. The van der Waals surface area contributed by atoms with E-state index in [4.69, 9.17) is 5.11 Å². The molecule has 1 aromatic carbocycles. The minimum Gasteiger partial charge on any atom is -0.395 e. The molecule has 21 heavy (non-hydrogen) atoms. The fourth-order valence-electron chi connectivity index (χ4n) is 1.76. The quantitative estimate of drug-likeness (QED) is 0.889. The van der Waals surface area contributed by atoms with E-state index in [1.165, 1.54) is 17.4 Å². The van der Waals surface area contributed by atoms with Crippen LogP contribution in [0.3, 0.4) is 0 Å². The molecule has 8 heteroatoms. The van der Waals surface area contributed by atoms with Crippen molar-refractivity contribution < 1.29 is 23.1 Å². The third-order valence-corrected chi connectivity index (χ3v) is 3.86. The number of thiazole rings is 1. The summed E-state index contributed by atoms with van der Waals surface area (Å²) in [6.45, 7) is 0.0563. The maximum absolute atomic E-state index is 12.6. The number of alkyl halides is 3. The van der Waals surface area contributed by atoms with E-state index in [9.17, 15) is 18.0 Å². The third kappa shape index (κ3) is 4.15. The molecule has 0 spiro atoms. The second-order valence-electron chi connectivity index (χ2n) is 4.36. The third-order valence-electron chi connectivity index (χ3n) is 2.76. The average molecular weight is 318 g/mol. The number of aryl methyl sites for hydroxylation is 1. The van der Waals surface area contributed by atoms with Crippen molar-refractivity contribution in [3.05, 3.63) is 28.8 Å². The normalized spacial score (nSPS) is 11.8. The Labute approximate surface area is 122 Å². The molecule has 0 unspecified atom stereocenters. The van der Waals surface area contributed by atoms with E-state index in [2.05, 4.69) is 10.3 Å². The minimum absolute atomic E-state index is 0.132. The predicted octanol–water partition coefficient (Wildman–Crippen LogP) is 2.36. The van der Waals surface area contributed by atoms with Crippen LogP contribution in [0.4, 0.5) is 13.2 Å². The lowest BCUT2D eigenvalue weighted by molar-refractivity contribution is -0.137. The van der Waals surface area contributed by atoms with Gasteiger partial charge in [-0.05, 0) is 18.2 Å². The van der Waals surface area contributed by atoms with E-state index in [0.29, 0.717) is 21.6 Å². The lowest BCUT2D eigenvalue weighted by Crippen LogP contribution is -2.26. The van der Waals surface area contributed by atoms with Gasteiger partial charge in [-0.15, -0.1) is 11.3 Å². The molecule has 2 aromatic rings. The number of hydrogen-bond donors (Lipinski definition) is 2. The van der Waals surface area contributed by atoms with Crippen LogP contribution in [-0.2, 0) is 17.4 Å². The van der Waals surface area contributed by atoms with Crippen LogP contribution in [0.15, 0.2) is 18.2 Å². The summed E-state index contributed by atoms with van der Waals surface area (Å²) in [4.78, 5) is 15.5. The standard InChI is InChI=1S/C13H13F3N2O2S/c14-13(15,16)8-1-2-10-9(7-8)18-12(21-10)4-3-11(20)17-5-6-19/h1-2,7,19H,3-6H2,(H,17,20). The van der Waals surface area contributed by atoms with Crippen molar-refractivity contribution in [3.63, 3.8) is 0 Å². The van der Waals surface area contributed by atoms with Crippen molar-refractivity contribution in [1.82, 2.24) is 10.3 Å². The maximum Gasteiger partial charge on any atom is 0.416 e. The van der Waals surface area contributed by atoms with Gasteiger partial charge in [0.2, 0.25) is 5.91 Å². The van der Waals surface area contributed by atoms with E-state index >= 15 is 0 Å². The Morgan fingerprint density at radius 1 is 1.38 bits per heavy atom. The Kier molecular flexibility index (Phi) is 4.79. The zero-order valence-corrected chi connectivity index (χ0v) is 11.7. The molecule has 0 bridgehead atoms. The molecule has 4 nitrogen and oxygen atoms in total. The van der Waals surface area contributed by atoms with Crippen LogP contribution in [0.25, 0.3) is 10.2 Å². The highest BCUT2D eigenvalue weighted by atomic mass is 32.1.